The van der Waals surface area contributed by atoms with Crippen molar-refractivity contribution in [3.05, 3.63) is 77.7 Å². The van der Waals surface area contributed by atoms with Crippen LogP contribution in [0.4, 0.5) is 39.5 Å². The molecule has 2 aromatic rings. The van der Waals surface area contributed by atoms with Crippen molar-refractivity contribution in [1.82, 2.24) is 0 Å². The zero-order valence-corrected chi connectivity index (χ0v) is 22.8. The van der Waals surface area contributed by atoms with Crippen LogP contribution in [-0.4, -0.2) is 36.2 Å². The van der Waals surface area contributed by atoms with Crippen molar-refractivity contribution in [3.63, 3.8) is 0 Å². The van der Waals surface area contributed by atoms with E-state index in [0.717, 1.165) is 0 Å². The zero-order chi connectivity index (χ0) is 31.0. The first-order valence-electron chi connectivity index (χ1n) is 11.3. The normalized spacial score (nSPS) is 14.2. The monoisotopic (exact) mass is 592 g/mol. The number of hydrogen-bond donors (Lipinski definition) is 0. The topological polar surface area (TPSA) is 57.2 Å². The number of halogens is 9. The molecule has 0 N–H and O–H groups in total. The van der Waals surface area contributed by atoms with E-state index < -0.39 is 33.4 Å². The molecule has 13 heteroatoms. The molecule has 0 amide bonds. The summed E-state index contributed by atoms with van der Waals surface area (Å²) < 4.78 is 135. The van der Waals surface area contributed by atoms with Gasteiger partial charge >= 0.3 is 23.3 Å². The molecule has 0 atom stereocenters. The molecule has 0 spiro atoms. The van der Waals surface area contributed by atoms with Crippen molar-refractivity contribution in [2.75, 3.05) is 0 Å². The number of rotatable bonds is 5. The molecule has 0 radical (unpaired) electrons. The average molecular weight is 593 g/mol. The van der Waals surface area contributed by atoms with Gasteiger partial charge in [-0.15, -0.1) is 0 Å². The lowest BCUT2D eigenvalue weighted by atomic mass is 9.83. The molecule has 2 rings (SSSR count). The summed E-state index contributed by atoms with van der Waals surface area (Å²) in [5.41, 5.74) is 5.68. The van der Waals surface area contributed by atoms with E-state index in [-0.39, 0.29) is 16.7 Å². The number of hydrogen-bond acceptors (Lipinski definition) is 3. The molecule has 3 nitrogen and oxygen atoms in total. The summed E-state index contributed by atoms with van der Waals surface area (Å²) in [6, 6.07) is 17.8. The Bertz CT molecular complexity index is 1150. The van der Waals surface area contributed by atoms with Gasteiger partial charge < -0.3 is 4.55 Å². The molecule has 220 valence electrons. The van der Waals surface area contributed by atoms with Crippen LogP contribution in [0.3, 0.4) is 0 Å². The van der Waals surface area contributed by atoms with Gasteiger partial charge in [0.2, 0.25) is 0 Å². The summed E-state index contributed by atoms with van der Waals surface area (Å²) in [5, 5.41) is -7.11. The van der Waals surface area contributed by atoms with E-state index in [9.17, 15) is 52.5 Å². The number of alkyl halides is 9. The Balaban J connectivity index is 0.000000406. The average Bonchev–Trinajstić information content (AvgIpc) is 2.76. The van der Waals surface area contributed by atoms with Crippen LogP contribution >= 0.6 is 0 Å². The number of benzene rings is 2. The van der Waals surface area contributed by atoms with Gasteiger partial charge in [-0.25, -0.2) is 8.42 Å². The fraction of sp³-hybridized carbons (Fsp3) is 0.500. The first-order valence-corrected chi connectivity index (χ1v) is 12.7. The van der Waals surface area contributed by atoms with Gasteiger partial charge in [0.05, 0.1) is 6.92 Å². The minimum Gasteiger partial charge on any atom is -0.743 e. The van der Waals surface area contributed by atoms with Crippen LogP contribution in [0.15, 0.2) is 48.5 Å². The highest BCUT2D eigenvalue weighted by Gasteiger charge is 2.83. The van der Waals surface area contributed by atoms with Gasteiger partial charge in [-0.2, -0.15) is 39.5 Å². The second kappa shape index (κ2) is 10.9. The maximum absolute atomic E-state index is 12.2. The molecular weight excluding hydrogens is 563 g/mol. The summed E-state index contributed by atoms with van der Waals surface area (Å²) in [5.74, 6) is -14.6. The quantitative estimate of drug-likeness (QED) is 0.200. The van der Waals surface area contributed by atoms with Gasteiger partial charge in [0, 0.05) is 11.1 Å². The fourth-order valence-corrected chi connectivity index (χ4v) is 3.58. The van der Waals surface area contributed by atoms with E-state index in [0.29, 0.717) is 0 Å². The van der Waals surface area contributed by atoms with Crippen LogP contribution in [0.2, 0.25) is 0 Å². The van der Waals surface area contributed by atoms with Crippen LogP contribution in [-0.2, 0) is 20.9 Å². The van der Waals surface area contributed by atoms with Gasteiger partial charge in [0.25, 0.3) is 0 Å². The summed E-state index contributed by atoms with van der Waals surface area (Å²) in [6.45, 7) is 17.8. The highest BCUT2D eigenvalue weighted by Crippen LogP contribution is 2.54. The Morgan fingerprint density at radius 2 is 0.897 bits per heavy atom. The molecule has 0 aliphatic rings. The second-order valence-electron chi connectivity index (χ2n) is 10.9. The van der Waals surface area contributed by atoms with Crippen molar-refractivity contribution in [1.29, 1.82) is 0 Å². The van der Waals surface area contributed by atoms with Gasteiger partial charge in [-0.1, -0.05) is 90.1 Å². The molecule has 39 heavy (non-hydrogen) atoms. The Morgan fingerprint density at radius 1 is 0.615 bits per heavy atom. The highest BCUT2D eigenvalue weighted by atomic mass is 32.2. The molecule has 0 saturated carbocycles. The molecule has 0 aliphatic heterocycles. The van der Waals surface area contributed by atoms with Crippen LogP contribution in [0.5, 0.6) is 0 Å². The molecule has 0 fully saturated rings. The van der Waals surface area contributed by atoms with E-state index >= 15 is 0 Å². The maximum Gasteiger partial charge on any atom is 0.460 e. The molecule has 2 aromatic carbocycles. The first-order chi connectivity index (χ1) is 17.1. The van der Waals surface area contributed by atoms with Crippen molar-refractivity contribution >= 4 is 10.1 Å². The molecule has 0 aromatic heterocycles. The van der Waals surface area contributed by atoms with Crippen molar-refractivity contribution in [3.8, 4) is 0 Å². The Labute approximate surface area is 222 Å². The third kappa shape index (κ3) is 7.41. The standard InChI is InChI=1S/C22H29.C4HF9O3S/c1-16(17-8-12-19(13-9-17)21(2,3)4)18-10-14-20(15-11-18)22(5,6)7;5-1(6,3(9,10)11)2(7,8)4(12,13)17(14,15)16/h8-16H,1H2,2-7H3;(H,14,15,16)/q+1;/p-1. The highest BCUT2D eigenvalue weighted by molar-refractivity contribution is 7.86. The molecular formula is C26H29F9O3S. The van der Waals surface area contributed by atoms with E-state index in [4.69, 9.17) is 0 Å². The van der Waals surface area contributed by atoms with E-state index in [2.05, 4.69) is 97.0 Å². The van der Waals surface area contributed by atoms with Crippen molar-refractivity contribution in [2.45, 2.75) is 81.6 Å². The largest absolute Gasteiger partial charge is 0.743 e. The van der Waals surface area contributed by atoms with Crippen LogP contribution in [0, 0.1) is 6.92 Å². The lowest BCUT2D eigenvalue weighted by Gasteiger charge is -2.34. The predicted octanol–water partition coefficient (Wildman–Crippen LogP) is 8.20. The summed E-state index contributed by atoms with van der Waals surface area (Å²) in [4.78, 5) is 0. The lowest BCUT2D eigenvalue weighted by Crippen LogP contribution is -2.63. The van der Waals surface area contributed by atoms with E-state index in [1.54, 1.807) is 0 Å². The van der Waals surface area contributed by atoms with Crippen molar-refractivity contribution < 1.29 is 52.5 Å². The summed E-state index contributed by atoms with van der Waals surface area (Å²) >= 11 is 0. The molecule has 0 aliphatic carbocycles. The molecule has 0 unspecified atom stereocenters. The minimum atomic E-state index is -7.43. The Morgan fingerprint density at radius 3 is 1.10 bits per heavy atom. The van der Waals surface area contributed by atoms with E-state index in [1.165, 1.54) is 22.3 Å². The maximum atomic E-state index is 12.2. The summed E-state index contributed by atoms with van der Waals surface area (Å²) in [7, 11) is -7.42. The van der Waals surface area contributed by atoms with Gasteiger partial charge in [-0.05, 0) is 22.0 Å². The molecule has 0 saturated heterocycles. The van der Waals surface area contributed by atoms with E-state index in [1.807, 2.05) is 0 Å². The third-order valence-electron chi connectivity index (χ3n) is 5.79. The van der Waals surface area contributed by atoms with Gasteiger partial charge in [-0.3, -0.25) is 0 Å². The smallest absolute Gasteiger partial charge is 0.460 e. The SMILES string of the molecule is O=S(=O)([O-])C(F)(F)C(F)(F)C(F)(F)C(F)(F)F.[CH2+]C(c1ccc(C(C)(C)C)cc1)c1ccc(C(C)(C)C)cc1. The Kier molecular flexibility index (Phi) is 9.65. The minimum absolute atomic E-state index is 0.183. The lowest BCUT2D eigenvalue weighted by molar-refractivity contribution is -0.382. The molecule has 0 heterocycles. The molecule has 0 bridgehead atoms. The zero-order valence-electron chi connectivity index (χ0n) is 21.9. The Hall–Kier alpha value is -2.41. The van der Waals surface area contributed by atoms with Gasteiger partial charge in [0.15, 0.2) is 10.1 Å². The fourth-order valence-electron chi connectivity index (χ4n) is 3.14. The van der Waals surface area contributed by atoms with Crippen LogP contribution in [0.25, 0.3) is 0 Å². The summed E-state index contributed by atoms with van der Waals surface area (Å²) in [6.07, 6.45) is -7.16. The third-order valence-corrected chi connectivity index (χ3v) is 6.67. The second-order valence-corrected chi connectivity index (χ2v) is 12.3. The van der Waals surface area contributed by atoms with Crippen LogP contribution < -0.4 is 0 Å². The van der Waals surface area contributed by atoms with Crippen LogP contribution in [0.1, 0.15) is 69.7 Å². The van der Waals surface area contributed by atoms with Gasteiger partial charge in [0.1, 0.15) is 5.92 Å². The van der Waals surface area contributed by atoms with Crippen molar-refractivity contribution in [2.24, 2.45) is 0 Å². The first kappa shape index (κ1) is 34.6. The predicted molar refractivity (Wildman–Crippen MR) is 128 cm³/mol.